The van der Waals surface area contributed by atoms with Gasteiger partial charge in [0.2, 0.25) is 5.96 Å². The van der Waals surface area contributed by atoms with E-state index in [-0.39, 0.29) is 5.96 Å². The van der Waals surface area contributed by atoms with E-state index in [1.54, 1.807) is 6.92 Å². The summed E-state index contributed by atoms with van der Waals surface area (Å²) in [5, 5.41) is 6.93. The zero-order valence-electron chi connectivity index (χ0n) is 9.49. The zero-order valence-corrected chi connectivity index (χ0v) is 9.49. The van der Waals surface area contributed by atoms with Crippen molar-refractivity contribution in [3.05, 3.63) is 35.4 Å². The third-order valence-electron chi connectivity index (χ3n) is 2.11. The summed E-state index contributed by atoms with van der Waals surface area (Å²) in [6, 6.07) is 4.60. The van der Waals surface area contributed by atoms with Crippen LogP contribution in [0, 0.1) is 0 Å². The van der Waals surface area contributed by atoms with Crippen LogP contribution in [0.4, 0.5) is 13.2 Å². The van der Waals surface area contributed by atoms with Gasteiger partial charge in [-0.05, 0) is 24.6 Å². The van der Waals surface area contributed by atoms with Crippen LogP contribution >= 0.6 is 0 Å². The van der Waals surface area contributed by atoms with E-state index in [2.05, 4.69) is 15.6 Å². The first kappa shape index (κ1) is 13.8. The van der Waals surface area contributed by atoms with Crippen molar-refractivity contribution in [3.8, 4) is 0 Å². The summed E-state index contributed by atoms with van der Waals surface area (Å²) in [4.78, 5) is 0. The number of guanidine groups is 1. The molecule has 1 aromatic rings. The second-order valence-corrected chi connectivity index (χ2v) is 3.40. The number of benzene rings is 1. The Morgan fingerprint density at radius 2 is 1.78 bits per heavy atom. The molecule has 0 amide bonds. The molecule has 0 saturated carbocycles. The SMILES string of the molecule is CC(=NNC(N)=NN)c1ccc(C(F)(F)F)cc1. The molecule has 0 heterocycles. The van der Waals surface area contributed by atoms with Gasteiger partial charge in [-0.25, -0.2) is 5.43 Å². The highest BCUT2D eigenvalue weighted by atomic mass is 19.4. The van der Waals surface area contributed by atoms with Crippen molar-refractivity contribution in [1.82, 2.24) is 5.43 Å². The molecule has 0 fully saturated rings. The van der Waals surface area contributed by atoms with E-state index in [1.807, 2.05) is 0 Å². The zero-order chi connectivity index (χ0) is 13.8. The van der Waals surface area contributed by atoms with E-state index in [0.29, 0.717) is 11.3 Å². The van der Waals surface area contributed by atoms with Crippen molar-refractivity contribution in [2.45, 2.75) is 13.1 Å². The van der Waals surface area contributed by atoms with Crippen LogP contribution in [0.25, 0.3) is 0 Å². The Morgan fingerprint density at radius 3 is 2.22 bits per heavy atom. The average Bonchev–Trinajstić information content (AvgIpc) is 2.34. The Morgan fingerprint density at radius 1 is 1.22 bits per heavy atom. The van der Waals surface area contributed by atoms with E-state index in [9.17, 15) is 13.2 Å². The lowest BCUT2D eigenvalue weighted by atomic mass is 10.1. The first-order chi connectivity index (χ1) is 8.34. The minimum absolute atomic E-state index is 0.0961. The van der Waals surface area contributed by atoms with Gasteiger partial charge in [-0.3, -0.25) is 0 Å². The van der Waals surface area contributed by atoms with E-state index in [4.69, 9.17) is 11.6 Å². The molecule has 5 N–H and O–H groups in total. The highest BCUT2D eigenvalue weighted by Gasteiger charge is 2.29. The van der Waals surface area contributed by atoms with Gasteiger partial charge in [0.25, 0.3) is 0 Å². The maximum Gasteiger partial charge on any atom is 0.416 e. The number of halogens is 3. The number of nitrogens with two attached hydrogens (primary N) is 2. The molecular weight excluding hydrogens is 247 g/mol. The van der Waals surface area contributed by atoms with Crippen molar-refractivity contribution in [2.75, 3.05) is 0 Å². The Labute approximate surface area is 101 Å². The number of hydrogen-bond acceptors (Lipinski definition) is 3. The molecule has 0 aliphatic carbocycles. The van der Waals surface area contributed by atoms with Crippen molar-refractivity contribution in [2.24, 2.45) is 21.8 Å². The van der Waals surface area contributed by atoms with Gasteiger partial charge in [-0.1, -0.05) is 12.1 Å². The fourth-order valence-corrected chi connectivity index (χ4v) is 1.13. The molecule has 1 aromatic carbocycles. The summed E-state index contributed by atoms with van der Waals surface area (Å²) >= 11 is 0. The molecule has 5 nitrogen and oxygen atoms in total. The van der Waals surface area contributed by atoms with Crippen LogP contribution in [0.5, 0.6) is 0 Å². The van der Waals surface area contributed by atoms with E-state index >= 15 is 0 Å². The summed E-state index contributed by atoms with van der Waals surface area (Å²) in [7, 11) is 0. The Balaban J connectivity index is 2.85. The molecule has 0 unspecified atom stereocenters. The number of hydrogen-bond donors (Lipinski definition) is 3. The van der Waals surface area contributed by atoms with Crippen molar-refractivity contribution in [1.29, 1.82) is 0 Å². The average molecular weight is 259 g/mol. The third kappa shape index (κ3) is 3.65. The molecule has 0 aliphatic heterocycles. The van der Waals surface area contributed by atoms with Gasteiger partial charge in [-0.15, -0.1) is 5.10 Å². The summed E-state index contributed by atoms with van der Waals surface area (Å²) in [6.07, 6.45) is -4.35. The number of rotatable bonds is 2. The monoisotopic (exact) mass is 259 g/mol. The van der Waals surface area contributed by atoms with Gasteiger partial charge < -0.3 is 11.6 Å². The van der Waals surface area contributed by atoms with Crippen LogP contribution < -0.4 is 17.0 Å². The Bertz CT molecular complexity index is 461. The topological polar surface area (TPSA) is 88.8 Å². The van der Waals surface area contributed by atoms with Gasteiger partial charge in [-0.2, -0.15) is 18.3 Å². The molecule has 98 valence electrons. The fourth-order valence-electron chi connectivity index (χ4n) is 1.13. The number of alkyl halides is 3. The predicted molar refractivity (Wildman–Crippen MR) is 62.6 cm³/mol. The first-order valence-electron chi connectivity index (χ1n) is 4.86. The highest BCUT2D eigenvalue weighted by Crippen LogP contribution is 2.29. The largest absolute Gasteiger partial charge is 0.416 e. The second kappa shape index (κ2) is 5.39. The first-order valence-corrected chi connectivity index (χ1v) is 4.86. The molecule has 8 heteroatoms. The Kier molecular flexibility index (Phi) is 4.13. The Hall–Kier alpha value is -2.25. The maximum absolute atomic E-state index is 12.3. The molecule has 0 radical (unpaired) electrons. The molecule has 1 rings (SSSR count). The summed E-state index contributed by atoms with van der Waals surface area (Å²) in [6.45, 7) is 1.61. The summed E-state index contributed by atoms with van der Waals surface area (Å²) < 4.78 is 37.0. The third-order valence-corrected chi connectivity index (χ3v) is 2.11. The van der Waals surface area contributed by atoms with Crippen LogP contribution in [0.1, 0.15) is 18.1 Å². The molecule has 0 saturated heterocycles. The summed E-state index contributed by atoms with van der Waals surface area (Å²) in [5.41, 5.74) is 7.85. The molecule has 0 aromatic heterocycles. The van der Waals surface area contributed by atoms with Crippen LogP contribution in [0.2, 0.25) is 0 Å². The molecule has 0 bridgehead atoms. The molecule has 0 aliphatic rings. The second-order valence-electron chi connectivity index (χ2n) is 3.40. The minimum atomic E-state index is -4.35. The maximum atomic E-state index is 12.3. The van der Waals surface area contributed by atoms with Gasteiger partial charge >= 0.3 is 6.18 Å². The lowest BCUT2D eigenvalue weighted by molar-refractivity contribution is -0.137. The van der Waals surface area contributed by atoms with Gasteiger partial charge in [0.05, 0.1) is 11.3 Å². The molecule has 0 spiro atoms. The van der Waals surface area contributed by atoms with Crippen molar-refractivity contribution < 1.29 is 13.2 Å². The van der Waals surface area contributed by atoms with Crippen LogP contribution in [0.3, 0.4) is 0 Å². The fraction of sp³-hybridized carbons (Fsp3) is 0.200. The van der Waals surface area contributed by atoms with Gasteiger partial charge in [0.15, 0.2) is 0 Å². The van der Waals surface area contributed by atoms with Crippen molar-refractivity contribution >= 4 is 11.7 Å². The van der Waals surface area contributed by atoms with Crippen LogP contribution in [-0.4, -0.2) is 11.7 Å². The van der Waals surface area contributed by atoms with E-state index in [1.165, 1.54) is 12.1 Å². The lowest BCUT2D eigenvalue weighted by Gasteiger charge is -2.07. The standard InChI is InChI=1S/C10H12F3N5/c1-6(17-18-9(14)16-15)7-2-4-8(5-3-7)10(11,12)13/h2-5H,15H2,1H3,(H3,14,16,18). The van der Waals surface area contributed by atoms with E-state index in [0.717, 1.165) is 12.1 Å². The smallest absolute Gasteiger partial charge is 0.367 e. The minimum Gasteiger partial charge on any atom is -0.367 e. The summed E-state index contributed by atoms with van der Waals surface area (Å²) in [5.74, 6) is 4.77. The molecular formula is C10H12F3N5. The van der Waals surface area contributed by atoms with Crippen LogP contribution in [0.15, 0.2) is 34.5 Å². The number of nitrogens with one attached hydrogen (secondary N) is 1. The molecule has 18 heavy (non-hydrogen) atoms. The van der Waals surface area contributed by atoms with Crippen molar-refractivity contribution in [3.63, 3.8) is 0 Å². The number of nitrogens with zero attached hydrogens (tertiary/aromatic N) is 2. The van der Waals surface area contributed by atoms with Gasteiger partial charge in [0, 0.05) is 0 Å². The quantitative estimate of drug-likeness (QED) is 0.323. The number of hydrazone groups is 2. The highest BCUT2D eigenvalue weighted by molar-refractivity contribution is 5.99. The van der Waals surface area contributed by atoms with Gasteiger partial charge in [0.1, 0.15) is 0 Å². The predicted octanol–water partition coefficient (Wildman–Crippen LogP) is 1.21. The van der Waals surface area contributed by atoms with E-state index < -0.39 is 11.7 Å². The van der Waals surface area contributed by atoms with Crippen LogP contribution in [-0.2, 0) is 6.18 Å². The molecule has 0 atom stereocenters. The normalized spacial score (nSPS) is 13.6. The lowest BCUT2D eigenvalue weighted by Crippen LogP contribution is -2.29.